The number of halogens is 1. The number of nitrogen functional groups attached to an aromatic ring is 1. The van der Waals surface area contributed by atoms with Gasteiger partial charge in [-0.05, 0) is 11.6 Å². The minimum Gasteiger partial charge on any atom is -0.394 e. The van der Waals surface area contributed by atoms with E-state index >= 15 is 0 Å². The standard InChI is InChI=1S/C8H13ClN4O2/c1-15-4-5(14)2-11-7-6(10)3-12-8(9)13-7/h3,5,14H,2,4,10H2,1H3,(H,11,12,13). The third kappa shape index (κ3) is 3.86. The number of anilines is 2. The van der Waals surface area contributed by atoms with Crippen LogP contribution in [-0.2, 0) is 4.74 Å². The summed E-state index contributed by atoms with van der Waals surface area (Å²) in [5, 5.41) is 12.3. The molecular formula is C8H13ClN4O2. The molecule has 0 radical (unpaired) electrons. The van der Waals surface area contributed by atoms with E-state index in [-0.39, 0.29) is 18.4 Å². The van der Waals surface area contributed by atoms with Crippen LogP contribution in [0.5, 0.6) is 0 Å². The number of nitrogens with zero attached hydrogens (tertiary/aromatic N) is 2. The van der Waals surface area contributed by atoms with E-state index in [9.17, 15) is 5.11 Å². The Morgan fingerprint density at radius 3 is 3.13 bits per heavy atom. The van der Waals surface area contributed by atoms with Crippen molar-refractivity contribution >= 4 is 23.1 Å². The number of nitrogens with two attached hydrogens (primary N) is 1. The summed E-state index contributed by atoms with van der Waals surface area (Å²) < 4.78 is 4.77. The first kappa shape index (κ1) is 12.0. The van der Waals surface area contributed by atoms with E-state index in [0.29, 0.717) is 11.5 Å². The van der Waals surface area contributed by atoms with E-state index in [1.54, 1.807) is 0 Å². The Morgan fingerprint density at radius 1 is 1.73 bits per heavy atom. The summed E-state index contributed by atoms with van der Waals surface area (Å²) in [5.74, 6) is 0.408. The zero-order valence-electron chi connectivity index (χ0n) is 8.27. The van der Waals surface area contributed by atoms with Gasteiger partial charge in [0.2, 0.25) is 5.28 Å². The molecule has 1 aromatic heterocycles. The van der Waals surface area contributed by atoms with Gasteiger partial charge in [0.1, 0.15) is 0 Å². The molecule has 6 nitrogen and oxygen atoms in total. The summed E-state index contributed by atoms with van der Waals surface area (Å²) in [7, 11) is 1.51. The van der Waals surface area contributed by atoms with Crippen LogP contribution in [0.4, 0.5) is 11.5 Å². The van der Waals surface area contributed by atoms with Crippen molar-refractivity contribution < 1.29 is 9.84 Å². The van der Waals surface area contributed by atoms with Crippen LogP contribution in [0.25, 0.3) is 0 Å². The highest BCUT2D eigenvalue weighted by molar-refractivity contribution is 6.28. The molecule has 0 bridgehead atoms. The average molecular weight is 233 g/mol. The third-order valence-corrected chi connectivity index (χ3v) is 1.83. The summed E-state index contributed by atoms with van der Waals surface area (Å²) in [6.45, 7) is 0.525. The molecule has 0 aliphatic carbocycles. The van der Waals surface area contributed by atoms with Crippen molar-refractivity contribution in [3.05, 3.63) is 11.5 Å². The molecule has 0 aliphatic heterocycles. The van der Waals surface area contributed by atoms with Gasteiger partial charge in [-0.3, -0.25) is 0 Å². The number of aliphatic hydroxyl groups excluding tert-OH is 1. The van der Waals surface area contributed by atoms with Crippen LogP contribution in [0.3, 0.4) is 0 Å². The largest absolute Gasteiger partial charge is 0.394 e. The number of rotatable bonds is 5. The molecule has 4 N–H and O–H groups in total. The normalized spacial score (nSPS) is 12.5. The number of aromatic nitrogens is 2. The number of hydrogen-bond donors (Lipinski definition) is 3. The number of aliphatic hydroxyl groups is 1. The first-order valence-corrected chi connectivity index (χ1v) is 4.70. The first-order chi connectivity index (χ1) is 7.13. The highest BCUT2D eigenvalue weighted by Crippen LogP contribution is 2.15. The van der Waals surface area contributed by atoms with Crippen molar-refractivity contribution in [2.75, 3.05) is 31.3 Å². The van der Waals surface area contributed by atoms with Crippen molar-refractivity contribution in [1.29, 1.82) is 0 Å². The fourth-order valence-electron chi connectivity index (χ4n) is 0.977. The Morgan fingerprint density at radius 2 is 2.47 bits per heavy atom. The van der Waals surface area contributed by atoms with Gasteiger partial charge < -0.3 is 20.9 Å². The predicted molar refractivity (Wildman–Crippen MR) is 57.8 cm³/mol. The Labute approximate surface area is 92.4 Å². The Hall–Kier alpha value is -1.11. The van der Waals surface area contributed by atoms with E-state index in [2.05, 4.69) is 15.3 Å². The smallest absolute Gasteiger partial charge is 0.224 e. The van der Waals surface area contributed by atoms with Crippen molar-refractivity contribution in [1.82, 2.24) is 9.97 Å². The molecule has 0 saturated carbocycles. The topological polar surface area (TPSA) is 93.3 Å². The fourth-order valence-corrected chi connectivity index (χ4v) is 1.11. The molecule has 1 atom stereocenters. The fraction of sp³-hybridized carbons (Fsp3) is 0.500. The van der Waals surface area contributed by atoms with Gasteiger partial charge in [0.25, 0.3) is 0 Å². The molecule has 0 aromatic carbocycles. The number of ether oxygens (including phenoxy) is 1. The minimum absolute atomic E-state index is 0.105. The molecule has 1 heterocycles. The van der Waals surface area contributed by atoms with Gasteiger partial charge in [0, 0.05) is 13.7 Å². The molecule has 1 rings (SSSR count). The van der Waals surface area contributed by atoms with Gasteiger partial charge in [-0.15, -0.1) is 0 Å². The van der Waals surface area contributed by atoms with Gasteiger partial charge in [-0.1, -0.05) is 0 Å². The molecular weight excluding hydrogens is 220 g/mol. The lowest BCUT2D eigenvalue weighted by Crippen LogP contribution is -2.24. The van der Waals surface area contributed by atoms with Crippen molar-refractivity contribution in [2.24, 2.45) is 0 Å². The number of methoxy groups -OCH3 is 1. The summed E-state index contributed by atoms with van der Waals surface area (Å²) in [5.41, 5.74) is 5.97. The molecule has 1 unspecified atom stereocenters. The van der Waals surface area contributed by atoms with Crippen LogP contribution in [0.1, 0.15) is 0 Å². The number of hydrogen-bond acceptors (Lipinski definition) is 6. The second-order valence-electron chi connectivity index (χ2n) is 2.93. The lowest BCUT2D eigenvalue weighted by atomic mass is 10.3. The highest BCUT2D eigenvalue weighted by Gasteiger charge is 2.06. The summed E-state index contributed by atoms with van der Waals surface area (Å²) >= 11 is 5.59. The molecule has 0 fully saturated rings. The second-order valence-corrected chi connectivity index (χ2v) is 3.27. The number of nitrogens with one attached hydrogen (secondary N) is 1. The van der Waals surface area contributed by atoms with Crippen LogP contribution in [0.2, 0.25) is 5.28 Å². The van der Waals surface area contributed by atoms with Crippen LogP contribution in [0.15, 0.2) is 6.20 Å². The van der Waals surface area contributed by atoms with Gasteiger partial charge >= 0.3 is 0 Å². The lowest BCUT2D eigenvalue weighted by Gasteiger charge is -2.12. The molecule has 0 saturated heterocycles. The summed E-state index contributed by atoms with van der Waals surface area (Å²) in [4.78, 5) is 7.58. The quantitative estimate of drug-likeness (QED) is 0.625. The van der Waals surface area contributed by atoms with E-state index in [0.717, 1.165) is 0 Å². The molecule has 1 aromatic rings. The summed E-state index contributed by atoms with van der Waals surface area (Å²) in [6, 6.07) is 0. The predicted octanol–water partition coefficient (Wildman–Crippen LogP) is 0.131. The minimum atomic E-state index is -0.622. The molecule has 0 spiro atoms. The maximum Gasteiger partial charge on any atom is 0.224 e. The van der Waals surface area contributed by atoms with Crippen LogP contribution in [-0.4, -0.2) is 41.4 Å². The Kier molecular flexibility index (Phi) is 4.54. The van der Waals surface area contributed by atoms with Gasteiger partial charge in [0.15, 0.2) is 5.82 Å². The highest BCUT2D eigenvalue weighted by atomic mass is 35.5. The zero-order valence-corrected chi connectivity index (χ0v) is 9.03. The van der Waals surface area contributed by atoms with Crippen LogP contribution < -0.4 is 11.1 Å². The van der Waals surface area contributed by atoms with E-state index < -0.39 is 6.10 Å². The molecule has 84 valence electrons. The van der Waals surface area contributed by atoms with Gasteiger partial charge in [-0.25, -0.2) is 4.98 Å². The van der Waals surface area contributed by atoms with Crippen LogP contribution >= 0.6 is 11.6 Å². The van der Waals surface area contributed by atoms with E-state index in [1.165, 1.54) is 13.3 Å². The Bertz CT molecular complexity index is 324. The maximum absolute atomic E-state index is 9.37. The lowest BCUT2D eigenvalue weighted by molar-refractivity contribution is 0.0727. The van der Waals surface area contributed by atoms with Crippen molar-refractivity contribution in [3.8, 4) is 0 Å². The SMILES string of the molecule is COCC(O)CNc1nc(Cl)ncc1N. The van der Waals surface area contributed by atoms with E-state index in [1.807, 2.05) is 0 Å². The molecule has 7 heteroatoms. The van der Waals surface area contributed by atoms with Gasteiger partial charge in [-0.2, -0.15) is 4.98 Å². The monoisotopic (exact) mass is 232 g/mol. The Balaban J connectivity index is 2.53. The zero-order chi connectivity index (χ0) is 11.3. The van der Waals surface area contributed by atoms with Crippen molar-refractivity contribution in [2.45, 2.75) is 6.10 Å². The molecule has 0 aliphatic rings. The van der Waals surface area contributed by atoms with E-state index in [4.69, 9.17) is 22.1 Å². The van der Waals surface area contributed by atoms with Gasteiger partial charge in [0.05, 0.1) is 24.6 Å². The second kappa shape index (κ2) is 5.69. The molecule has 0 amide bonds. The first-order valence-electron chi connectivity index (χ1n) is 4.32. The van der Waals surface area contributed by atoms with Crippen LogP contribution in [0, 0.1) is 0 Å². The van der Waals surface area contributed by atoms with Crippen molar-refractivity contribution in [3.63, 3.8) is 0 Å². The maximum atomic E-state index is 9.37. The molecule has 15 heavy (non-hydrogen) atoms. The average Bonchev–Trinajstić information content (AvgIpc) is 2.20. The summed E-state index contributed by atoms with van der Waals surface area (Å²) in [6.07, 6.45) is 0.781. The third-order valence-electron chi connectivity index (χ3n) is 1.65.